The number of thioether (sulfide) groups is 1. The van der Waals surface area contributed by atoms with Crippen LogP contribution in [0.15, 0.2) is 33.9 Å². The van der Waals surface area contributed by atoms with E-state index in [1.807, 2.05) is 38.1 Å². The summed E-state index contributed by atoms with van der Waals surface area (Å²) < 4.78 is 5.78. The van der Waals surface area contributed by atoms with Crippen molar-refractivity contribution in [3.8, 4) is 11.5 Å². The molecular formula is C21H27N3O2S. The molecule has 2 saturated carbocycles. The van der Waals surface area contributed by atoms with Gasteiger partial charge in [-0.3, -0.25) is 4.79 Å². The maximum atomic E-state index is 12.6. The van der Waals surface area contributed by atoms with Crippen molar-refractivity contribution in [1.29, 1.82) is 0 Å². The highest BCUT2D eigenvalue weighted by Gasteiger charge is 2.42. The normalized spacial score (nSPS) is 26.1. The van der Waals surface area contributed by atoms with Crippen LogP contribution < -0.4 is 5.32 Å². The van der Waals surface area contributed by atoms with E-state index in [9.17, 15) is 4.79 Å². The predicted octanol–water partition coefficient (Wildman–Crippen LogP) is 4.47. The molecule has 5 nitrogen and oxygen atoms in total. The highest BCUT2D eigenvalue weighted by Crippen LogP contribution is 2.49. The highest BCUT2D eigenvalue weighted by molar-refractivity contribution is 8.00. The summed E-state index contributed by atoms with van der Waals surface area (Å²) in [5.74, 6) is 2.88. The fraction of sp³-hybridized carbons (Fsp3) is 0.571. The van der Waals surface area contributed by atoms with Crippen LogP contribution >= 0.6 is 11.8 Å². The van der Waals surface area contributed by atoms with Crippen LogP contribution in [0.25, 0.3) is 11.5 Å². The summed E-state index contributed by atoms with van der Waals surface area (Å²) in [4.78, 5) is 12.6. The summed E-state index contributed by atoms with van der Waals surface area (Å²) in [6, 6.07) is 8.14. The predicted molar refractivity (Wildman–Crippen MR) is 106 cm³/mol. The molecule has 1 aromatic carbocycles. The molecule has 5 atom stereocenters. The van der Waals surface area contributed by atoms with Gasteiger partial charge in [0.15, 0.2) is 0 Å². The van der Waals surface area contributed by atoms with Crippen LogP contribution in [-0.2, 0) is 4.79 Å². The number of amides is 1. The lowest BCUT2D eigenvalue weighted by Crippen LogP contribution is -2.43. The zero-order chi connectivity index (χ0) is 19.0. The van der Waals surface area contributed by atoms with E-state index in [2.05, 4.69) is 22.4 Å². The largest absolute Gasteiger partial charge is 0.411 e. The fourth-order valence-corrected chi connectivity index (χ4v) is 5.43. The first-order valence-electron chi connectivity index (χ1n) is 9.87. The summed E-state index contributed by atoms with van der Waals surface area (Å²) in [6.07, 6.45) is 5.36. The molecule has 1 amide bonds. The first-order chi connectivity index (χ1) is 13.0. The molecule has 5 unspecified atom stereocenters. The third-order valence-corrected chi connectivity index (χ3v) is 7.17. The summed E-state index contributed by atoms with van der Waals surface area (Å²) in [7, 11) is 0. The van der Waals surface area contributed by atoms with Gasteiger partial charge in [-0.1, -0.05) is 36.4 Å². The van der Waals surface area contributed by atoms with Gasteiger partial charge in [0.1, 0.15) is 0 Å². The van der Waals surface area contributed by atoms with Crippen molar-refractivity contribution in [2.24, 2.45) is 17.8 Å². The number of fused-ring (bicyclic) bond motifs is 2. The highest BCUT2D eigenvalue weighted by atomic mass is 32.2. The summed E-state index contributed by atoms with van der Waals surface area (Å²) in [5, 5.41) is 11.6. The Morgan fingerprint density at radius 2 is 2.04 bits per heavy atom. The minimum Gasteiger partial charge on any atom is -0.411 e. The average Bonchev–Trinajstić information content (AvgIpc) is 3.38. The van der Waals surface area contributed by atoms with Gasteiger partial charge in [0, 0.05) is 11.6 Å². The molecule has 0 spiro atoms. The second-order valence-corrected chi connectivity index (χ2v) is 9.38. The molecule has 27 heavy (non-hydrogen) atoms. The van der Waals surface area contributed by atoms with Crippen molar-refractivity contribution in [3.63, 3.8) is 0 Å². The monoisotopic (exact) mass is 385 g/mol. The second kappa shape index (κ2) is 7.66. The number of aromatic nitrogens is 2. The first kappa shape index (κ1) is 18.5. The van der Waals surface area contributed by atoms with E-state index in [0.29, 0.717) is 17.0 Å². The number of hydrogen-bond donors (Lipinski definition) is 1. The molecule has 2 bridgehead atoms. The van der Waals surface area contributed by atoms with E-state index in [0.717, 1.165) is 23.0 Å². The van der Waals surface area contributed by atoms with Crippen LogP contribution in [0.5, 0.6) is 0 Å². The van der Waals surface area contributed by atoms with E-state index in [1.54, 1.807) is 0 Å². The van der Waals surface area contributed by atoms with E-state index < -0.39 is 0 Å². The zero-order valence-corrected chi connectivity index (χ0v) is 17.0. The summed E-state index contributed by atoms with van der Waals surface area (Å²) in [6.45, 7) is 6.06. The van der Waals surface area contributed by atoms with Crippen LogP contribution in [0.2, 0.25) is 0 Å². The smallest absolute Gasteiger partial charge is 0.277 e. The lowest BCUT2D eigenvalue weighted by molar-refractivity contribution is -0.121. The van der Waals surface area contributed by atoms with Crippen molar-refractivity contribution >= 4 is 17.7 Å². The van der Waals surface area contributed by atoms with E-state index in [4.69, 9.17) is 4.42 Å². The number of hydrogen-bond acceptors (Lipinski definition) is 5. The number of nitrogens with zero attached hydrogens (tertiary/aromatic N) is 2. The van der Waals surface area contributed by atoms with Crippen molar-refractivity contribution < 1.29 is 9.21 Å². The molecule has 1 heterocycles. The van der Waals surface area contributed by atoms with Crippen molar-refractivity contribution in [1.82, 2.24) is 15.5 Å². The van der Waals surface area contributed by atoms with Gasteiger partial charge in [-0.2, -0.15) is 0 Å². The molecule has 6 heteroatoms. The van der Waals surface area contributed by atoms with E-state index in [-0.39, 0.29) is 17.2 Å². The van der Waals surface area contributed by atoms with Gasteiger partial charge in [-0.25, -0.2) is 0 Å². The van der Waals surface area contributed by atoms with Crippen LogP contribution in [0.3, 0.4) is 0 Å². The number of benzene rings is 1. The molecule has 2 fully saturated rings. The Hall–Kier alpha value is -1.82. The SMILES string of the molecule is Cc1ccccc1-c1nnc(SC(C)C(=O)NC(C)C2CC3CCC2C3)o1. The number of nitrogens with one attached hydrogen (secondary N) is 1. The van der Waals surface area contributed by atoms with E-state index in [1.165, 1.54) is 37.4 Å². The van der Waals surface area contributed by atoms with Crippen molar-refractivity contribution in [2.45, 2.75) is 63.0 Å². The summed E-state index contributed by atoms with van der Waals surface area (Å²) >= 11 is 1.32. The second-order valence-electron chi connectivity index (χ2n) is 8.08. The van der Waals surface area contributed by atoms with Gasteiger partial charge in [0.05, 0.1) is 5.25 Å². The maximum absolute atomic E-state index is 12.6. The van der Waals surface area contributed by atoms with Crippen molar-refractivity contribution in [3.05, 3.63) is 29.8 Å². The van der Waals surface area contributed by atoms with Gasteiger partial charge >= 0.3 is 0 Å². The molecule has 2 aromatic rings. The minimum absolute atomic E-state index is 0.0471. The molecule has 2 aliphatic rings. The Balaban J connectivity index is 1.34. The third kappa shape index (κ3) is 3.91. The lowest BCUT2D eigenvalue weighted by Gasteiger charge is -2.29. The third-order valence-electron chi connectivity index (χ3n) is 6.23. The molecule has 1 aromatic heterocycles. The topological polar surface area (TPSA) is 68.0 Å². The Morgan fingerprint density at radius 1 is 1.22 bits per heavy atom. The molecular weight excluding hydrogens is 358 g/mol. The van der Waals surface area contributed by atoms with Gasteiger partial charge in [-0.05, 0) is 69.4 Å². The number of rotatable bonds is 6. The van der Waals surface area contributed by atoms with Gasteiger partial charge < -0.3 is 9.73 Å². The Bertz CT molecular complexity index is 821. The minimum atomic E-state index is -0.267. The zero-order valence-electron chi connectivity index (χ0n) is 16.1. The lowest BCUT2D eigenvalue weighted by atomic mass is 9.84. The maximum Gasteiger partial charge on any atom is 0.277 e. The Morgan fingerprint density at radius 3 is 2.74 bits per heavy atom. The fourth-order valence-electron chi connectivity index (χ4n) is 4.74. The molecule has 0 aliphatic heterocycles. The number of carbonyl (C=O) groups excluding carboxylic acids is 1. The van der Waals surface area contributed by atoms with Crippen LogP contribution in [0.4, 0.5) is 0 Å². The molecule has 144 valence electrons. The van der Waals surface area contributed by atoms with E-state index >= 15 is 0 Å². The summed E-state index contributed by atoms with van der Waals surface area (Å²) in [5.41, 5.74) is 2.02. The van der Waals surface area contributed by atoms with Crippen LogP contribution in [-0.4, -0.2) is 27.4 Å². The Labute approximate surface area is 164 Å². The average molecular weight is 386 g/mol. The van der Waals surface area contributed by atoms with Gasteiger partial charge in [0.25, 0.3) is 5.22 Å². The molecule has 4 rings (SSSR count). The number of aryl methyl sites for hydroxylation is 1. The first-order valence-corrected chi connectivity index (χ1v) is 10.8. The standard InChI is InChI=1S/C21H27N3O2S/c1-12-6-4-5-7-17(12)20-23-24-21(26-20)27-14(3)19(25)22-13(2)18-11-15-8-9-16(18)10-15/h4-7,13-16,18H,8-11H2,1-3H3,(H,22,25). The Kier molecular flexibility index (Phi) is 5.26. The van der Waals surface area contributed by atoms with Gasteiger partial charge in [-0.15, -0.1) is 10.2 Å². The molecule has 2 aliphatic carbocycles. The molecule has 0 saturated heterocycles. The van der Waals surface area contributed by atoms with Crippen LogP contribution in [0.1, 0.15) is 45.1 Å². The molecule has 1 N–H and O–H groups in total. The van der Waals surface area contributed by atoms with Gasteiger partial charge in [0.2, 0.25) is 11.8 Å². The number of carbonyl (C=O) groups is 1. The quantitative estimate of drug-likeness (QED) is 0.743. The molecule has 0 radical (unpaired) electrons. The van der Waals surface area contributed by atoms with Crippen molar-refractivity contribution in [2.75, 3.05) is 0 Å². The van der Waals surface area contributed by atoms with Crippen LogP contribution in [0, 0.1) is 24.7 Å².